The van der Waals surface area contributed by atoms with Crippen molar-refractivity contribution in [2.24, 2.45) is 4.99 Å². The average molecular weight is 456 g/mol. The van der Waals surface area contributed by atoms with Crippen LogP contribution in [-0.4, -0.2) is 81.5 Å². The van der Waals surface area contributed by atoms with E-state index in [1.165, 1.54) is 20.8 Å². The molecule has 12 nitrogen and oxygen atoms in total. The van der Waals surface area contributed by atoms with Crippen LogP contribution in [0.15, 0.2) is 11.2 Å². The molecule has 0 aliphatic carbocycles. The molecule has 0 spiro atoms. The quantitative estimate of drug-likeness (QED) is 0.388. The molecule has 0 unspecified atom stereocenters. The molecule has 170 valence electrons. The van der Waals surface area contributed by atoms with Crippen LogP contribution in [0.1, 0.15) is 26.5 Å². The molecule has 1 aromatic rings. The number of thioether (sulfide) groups is 1. The van der Waals surface area contributed by atoms with Crippen molar-refractivity contribution in [3.63, 3.8) is 0 Å². The minimum absolute atomic E-state index is 0.00702. The Balaban J connectivity index is 1.66. The summed E-state index contributed by atoms with van der Waals surface area (Å²) in [7, 11) is 0. The first-order valence-electron chi connectivity index (χ1n) is 9.62. The predicted molar refractivity (Wildman–Crippen MR) is 106 cm³/mol. The van der Waals surface area contributed by atoms with E-state index in [0.717, 1.165) is 17.3 Å². The lowest BCUT2D eigenvalue weighted by Crippen LogP contribution is -2.58. The first-order chi connectivity index (χ1) is 14.8. The normalized spacial score (nSPS) is 25.6. The summed E-state index contributed by atoms with van der Waals surface area (Å²) in [6.07, 6.45) is -2.52. The minimum atomic E-state index is -1.14. The lowest BCUT2D eigenvalue weighted by molar-refractivity contribution is -0.283. The highest BCUT2D eigenvalue weighted by Gasteiger charge is 2.47. The van der Waals surface area contributed by atoms with Crippen LogP contribution in [0, 0.1) is 0 Å². The van der Waals surface area contributed by atoms with Gasteiger partial charge in [0.15, 0.2) is 24.6 Å². The van der Waals surface area contributed by atoms with E-state index >= 15 is 0 Å². The average Bonchev–Trinajstić information content (AvgIpc) is 3.35. The third kappa shape index (κ3) is 6.74. The molecule has 0 bridgehead atoms. The zero-order valence-electron chi connectivity index (χ0n) is 17.4. The molecule has 1 aromatic heterocycles. The second-order valence-electron chi connectivity index (χ2n) is 6.84. The van der Waals surface area contributed by atoms with Crippen molar-refractivity contribution in [1.82, 2.24) is 15.0 Å². The van der Waals surface area contributed by atoms with Gasteiger partial charge in [-0.2, -0.15) is 0 Å². The van der Waals surface area contributed by atoms with Gasteiger partial charge < -0.3 is 23.7 Å². The van der Waals surface area contributed by atoms with Gasteiger partial charge in [0, 0.05) is 33.1 Å². The SMILES string of the molecule is CC(=O)O[C@H]1[C@H](OCc2cn(CC3=NCCS3)nn2)OC[C@@H](OC(C)=O)[C@H]1OC(C)=O. The Hall–Kier alpha value is -2.51. The third-order valence-electron chi connectivity index (χ3n) is 4.23. The Morgan fingerprint density at radius 1 is 1.13 bits per heavy atom. The number of hydrogen-bond acceptors (Lipinski definition) is 12. The topological polar surface area (TPSA) is 140 Å². The van der Waals surface area contributed by atoms with Crippen molar-refractivity contribution >= 4 is 34.7 Å². The van der Waals surface area contributed by atoms with Crippen molar-refractivity contribution in [3.05, 3.63) is 11.9 Å². The van der Waals surface area contributed by atoms with Gasteiger partial charge in [-0.1, -0.05) is 5.21 Å². The molecule has 1 fully saturated rings. The van der Waals surface area contributed by atoms with Gasteiger partial charge in [0.2, 0.25) is 0 Å². The number of nitrogens with zero attached hydrogens (tertiary/aromatic N) is 4. The van der Waals surface area contributed by atoms with Crippen molar-refractivity contribution in [2.75, 3.05) is 18.9 Å². The molecule has 0 aromatic carbocycles. The number of aliphatic imine (C=N–C) groups is 1. The van der Waals surface area contributed by atoms with Gasteiger partial charge in [0.05, 0.1) is 31.0 Å². The maximum absolute atomic E-state index is 11.6. The Morgan fingerprint density at radius 3 is 2.48 bits per heavy atom. The number of rotatable bonds is 8. The second-order valence-corrected chi connectivity index (χ2v) is 8.01. The maximum Gasteiger partial charge on any atom is 0.303 e. The molecular formula is C18H24N4O8S. The molecular weight excluding hydrogens is 432 g/mol. The van der Waals surface area contributed by atoms with E-state index in [4.69, 9.17) is 23.7 Å². The van der Waals surface area contributed by atoms with E-state index in [1.807, 2.05) is 0 Å². The molecule has 0 saturated carbocycles. The van der Waals surface area contributed by atoms with Crippen molar-refractivity contribution in [2.45, 2.75) is 58.5 Å². The number of carbonyl (C=O) groups excluding carboxylic acids is 3. The van der Waals surface area contributed by atoms with E-state index in [9.17, 15) is 14.4 Å². The van der Waals surface area contributed by atoms with Crippen molar-refractivity contribution < 1.29 is 38.1 Å². The molecule has 2 aliphatic rings. The third-order valence-corrected chi connectivity index (χ3v) is 5.21. The van der Waals surface area contributed by atoms with Crippen LogP contribution in [0.25, 0.3) is 0 Å². The van der Waals surface area contributed by atoms with Crippen LogP contribution in [0.5, 0.6) is 0 Å². The van der Waals surface area contributed by atoms with Crippen LogP contribution < -0.4 is 0 Å². The summed E-state index contributed by atoms with van der Waals surface area (Å²) in [5.74, 6) is -0.887. The Kier molecular flexibility index (Phi) is 7.98. The van der Waals surface area contributed by atoms with E-state index in [2.05, 4.69) is 15.3 Å². The lowest BCUT2D eigenvalue weighted by Gasteiger charge is -2.40. The van der Waals surface area contributed by atoms with E-state index in [1.54, 1.807) is 22.6 Å². The molecule has 4 atom stereocenters. The highest BCUT2D eigenvalue weighted by Crippen LogP contribution is 2.26. The number of carbonyl (C=O) groups is 3. The molecule has 0 radical (unpaired) electrons. The minimum Gasteiger partial charge on any atom is -0.456 e. The van der Waals surface area contributed by atoms with Gasteiger partial charge in [0.25, 0.3) is 0 Å². The van der Waals surface area contributed by atoms with Crippen molar-refractivity contribution in [3.8, 4) is 0 Å². The number of esters is 3. The van der Waals surface area contributed by atoms with E-state index in [0.29, 0.717) is 12.2 Å². The fourth-order valence-electron chi connectivity index (χ4n) is 3.11. The summed E-state index contributed by atoms with van der Waals surface area (Å²) in [5, 5.41) is 9.09. The molecule has 3 rings (SSSR count). The zero-order valence-corrected chi connectivity index (χ0v) is 18.2. The molecule has 1 saturated heterocycles. The highest BCUT2D eigenvalue weighted by molar-refractivity contribution is 8.14. The smallest absolute Gasteiger partial charge is 0.303 e. The van der Waals surface area contributed by atoms with Crippen LogP contribution in [-0.2, 0) is 51.2 Å². The fourth-order valence-corrected chi connectivity index (χ4v) is 3.94. The van der Waals surface area contributed by atoms with Gasteiger partial charge >= 0.3 is 17.9 Å². The van der Waals surface area contributed by atoms with Crippen LogP contribution in [0.4, 0.5) is 0 Å². The van der Waals surface area contributed by atoms with Crippen LogP contribution in [0.3, 0.4) is 0 Å². The van der Waals surface area contributed by atoms with Gasteiger partial charge in [-0.15, -0.1) is 16.9 Å². The largest absolute Gasteiger partial charge is 0.456 e. The maximum atomic E-state index is 11.6. The van der Waals surface area contributed by atoms with Gasteiger partial charge in [-0.05, 0) is 0 Å². The summed E-state index contributed by atoms with van der Waals surface area (Å²) in [6.45, 7) is 4.86. The summed E-state index contributed by atoms with van der Waals surface area (Å²) in [6, 6.07) is 0. The molecule has 2 aliphatic heterocycles. The molecule has 3 heterocycles. The number of hydrogen-bond donors (Lipinski definition) is 0. The predicted octanol–water partition coefficient (Wildman–Crippen LogP) is 0.0914. The van der Waals surface area contributed by atoms with Crippen LogP contribution in [0.2, 0.25) is 0 Å². The lowest BCUT2D eigenvalue weighted by atomic mass is 10.0. The monoisotopic (exact) mass is 456 g/mol. The second kappa shape index (κ2) is 10.7. The fraction of sp³-hybridized carbons (Fsp3) is 0.667. The Bertz CT molecular complexity index is 844. The zero-order chi connectivity index (χ0) is 22.4. The van der Waals surface area contributed by atoms with Crippen LogP contribution >= 0.6 is 11.8 Å². The van der Waals surface area contributed by atoms with E-state index < -0.39 is 42.5 Å². The summed E-state index contributed by atoms with van der Waals surface area (Å²) in [4.78, 5) is 39.0. The summed E-state index contributed by atoms with van der Waals surface area (Å²) < 4.78 is 28.7. The summed E-state index contributed by atoms with van der Waals surface area (Å²) in [5.41, 5.74) is 0.528. The number of ether oxygens (including phenoxy) is 5. The van der Waals surface area contributed by atoms with E-state index in [-0.39, 0.29) is 13.2 Å². The standard InChI is InChI=1S/C18H24N4O8S/c1-10(23)28-14-9-27-18(17(30-12(3)25)16(14)29-11(2)24)26-8-13-6-22(21-20-13)7-15-19-4-5-31-15/h6,14,16-18H,4-5,7-9H2,1-3H3/t14-,16-,17-,18-/m1/s1. The first kappa shape index (κ1) is 23.2. The first-order valence-corrected chi connectivity index (χ1v) is 10.6. The number of aromatic nitrogens is 3. The highest BCUT2D eigenvalue weighted by atomic mass is 32.2. The van der Waals surface area contributed by atoms with Gasteiger partial charge in [-0.3, -0.25) is 19.4 Å². The summed E-state index contributed by atoms with van der Waals surface area (Å²) >= 11 is 1.68. The Labute approximate surface area is 182 Å². The Morgan fingerprint density at radius 2 is 1.84 bits per heavy atom. The molecule has 0 N–H and O–H groups in total. The van der Waals surface area contributed by atoms with Gasteiger partial charge in [-0.25, -0.2) is 4.68 Å². The molecule has 13 heteroatoms. The van der Waals surface area contributed by atoms with Gasteiger partial charge in [0.1, 0.15) is 5.69 Å². The van der Waals surface area contributed by atoms with Crippen molar-refractivity contribution in [1.29, 1.82) is 0 Å². The molecule has 0 amide bonds. The molecule has 31 heavy (non-hydrogen) atoms.